The number of hydrogen-bond donors (Lipinski definition) is 1. The number of aryl methyl sites for hydroxylation is 2. The van der Waals surface area contributed by atoms with Gasteiger partial charge in [-0.2, -0.15) is 0 Å². The summed E-state index contributed by atoms with van der Waals surface area (Å²) in [7, 11) is 0. The van der Waals surface area contributed by atoms with E-state index in [2.05, 4.69) is 35.1 Å². The molecule has 0 atom stereocenters. The van der Waals surface area contributed by atoms with Gasteiger partial charge in [-0.25, -0.2) is 4.98 Å². The molecule has 0 aliphatic carbocycles. The molecule has 0 radical (unpaired) electrons. The lowest BCUT2D eigenvalue weighted by molar-refractivity contribution is -0.116. The van der Waals surface area contributed by atoms with E-state index in [-0.39, 0.29) is 5.91 Å². The minimum atomic E-state index is -0.0463. The van der Waals surface area contributed by atoms with Gasteiger partial charge in [0.15, 0.2) is 16.6 Å². The molecule has 3 aromatic rings. The summed E-state index contributed by atoms with van der Waals surface area (Å²) in [5.74, 6) is 1.45. The van der Waals surface area contributed by atoms with E-state index in [1.165, 1.54) is 11.3 Å². The standard InChI is InChI=1S/C26H31BrN2O3S/c1-4-7-16-32-21-14-8-18(17-22(21)31-6-3)9-15-24(30)28-26-29-25(23(5-2)33-26)19-10-12-20(27)13-11-19/h8,10-14,17H,4-7,9,15-16H2,1-3H3,(H,28,29,30). The molecule has 0 unspecified atom stereocenters. The highest BCUT2D eigenvalue weighted by molar-refractivity contribution is 9.10. The Bertz CT molecular complexity index is 1050. The quantitative estimate of drug-likeness (QED) is 0.250. The van der Waals surface area contributed by atoms with Crippen LogP contribution in [-0.2, 0) is 17.6 Å². The van der Waals surface area contributed by atoms with Gasteiger partial charge in [0.1, 0.15) is 0 Å². The molecule has 0 aliphatic heterocycles. The molecule has 176 valence electrons. The van der Waals surface area contributed by atoms with Gasteiger partial charge in [-0.05, 0) is 56.0 Å². The van der Waals surface area contributed by atoms with Gasteiger partial charge >= 0.3 is 0 Å². The van der Waals surface area contributed by atoms with Gasteiger partial charge in [-0.1, -0.05) is 54.4 Å². The second-order valence-corrected chi connectivity index (χ2v) is 9.61. The molecule has 3 rings (SSSR count). The zero-order valence-electron chi connectivity index (χ0n) is 19.4. The Morgan fingerprint density at radius 3 is 2.55 bits per heavy atom. The van der Waals surface area contributed by atoms with Crippen LogP contribution < -0.4 is 14.8 Å². The molecule has 0 fully saturated rings. The Kier molecular flexibility index (Phi) is 9.76. The number of nitrogens with one attached hydrogen (secondary N) is 1. The fourth-order valence-corrected chi connectivity index (χ4v) is 4.54. The smallest absolute Gasteiger partial charge is 0.226 e. The summed E-state index contributed by atoms with van der Waals surface area (Å²) in [6, 6.07) is 14.0. The van der Waals surface area contributed by atoms with Crippen LogP contribution in [0.4, 0.5) is 5.13 Å². The third kappa shape index (κ3) is 7.30. The first-order chi connectivity index (χ1) is 16.0. The first-order valence-electron chi connectivity index (χ1n) is 11.5. The van der Waals surface area contributed by atoms with Crippen molar-refractivity contribution in [2.24, 2.45) is 0 Å². The maximum atomic E-state index is 12.6. The number of aromatic nitrogens is 1. The van der Waals surface area contributed by atoms with E-state index in [4.69, 9.17) is 14.5 Å². The fourth-order valence-electron chi connectivity index (χ4n) is 3.34. The number of benzene rings is 2. The highest BCUT2D eigenvalue weighted by atomic mass is 79.9. The normalized spacial score (nSPS) is 10.8. The second kappa shape index (κ2) is 12.8. The number of halogens is 1. The summed E-state index contributed by atoms with van der Waals surface area (Å²) in [5, 5.41) is 3.62. The van der Waals surface area contributed by atoms with E-state index < -0.39 is 0 Å². The molecular formula is C26H31BrN2O3S. The predicted octanol–water partition coefficient (Wildman–Crippen LogP) is 7.28. The average Bonchev–Trinajstić information content (AvgIpc) is 3.22. The Labute approximate surface area is 208 Å². The van der Waals surface area contributed by atoms with E-state index in [1.54, 1.807) is 0 Å². The van der Waals surface area contributed by atoms with E-state index in [1.807, 2.05) is 49.4 Å². The third-order valence-corrected chi connectivity index (χ3v) is 6.73. The van der Waals surface area contributed by atoms with Crippen molar-refractivity contribution in [3.8, 4) is 22.8 Å². The first kappa shape index (κ1) is 25.2. The number of unbranched alkanes of at least 4 members (excludes halogenated alkanes) is 1. The van der Waals surface area contributed by atoms with Crippen molar-refractivity contribution in [1.82, 2.24) is 4.98 Å². The number of anilines is 1. The Balaban J connectivity index is 1.62. The summed E-state index contributed by atoms with van der Waals surface area (Å²) < 4.78 is 12.6. The molecule has 5 nitrogen and oxygen atoms in total. The number of nitrogens with zero attached hydrogens (tertiary/aromatic N) is 1. The van der Waals surface area contributed by atoms with Gasteiger partial charge in [-0.3, -0.25) is 4.79 Å². The van der Waals surface area contributed by atoms with Gasteiger partial charge in [0.2, 0.25) is 5.91 Å². The van der Waals surface area contributed by atoms with E-state index in [0.717, 1.165) is 56.9 Å². The molecule has 0 saturated heterocycles. The van der Waals surface area contributed by atoms with Gasteiger partial charge in [0.25, 0.3) is 0 Å². The third-order valence-electron chi connectivity index (χ3n) is 5.09. The van der Waals surface area contributed by atoms with Crippen LogP contribution in [0.5, 0.6) is 11.5 Å². The second-order valence-electron chi connectivity index (χ2n) is 7.62. The number of ether oxygens (including phenoxy) is 2. The summed E-state index contributed by atoms with van der Waals surface area (Å²) in [6.45, 7) is 7.44. The van der Waals surface area contributed by atoms with E-state index >= 15 is 0 Å². The van der Waals surface area contributed by atoms with Crippen LogP contribution in [0.1, 0.15) is 50.5 Å². The summed E-state index contributed by atoms with van der Waals surface area (Å²) >= 11 is 5.01. The first-order valence-corrected chi connectivity index (χ1v) is 13.1. The van der Waals surface area contributed by atoms with Crippen molar-refractivity contribution in [2.45, 2.75) is 52.9 Å². The molecule has 1 amide bonds. The molecule has 1 heterocycles. The van der Waals surface area contributed by atoms with Crippen LogP contribution in [0.2, 0.25) is 0 Å². The van der Waals surface area contributed by atoms with Crippen molar-refractivity contribution in [3.05, 3.63) is 57.4 Å². The van der Waals surface area contributed by atoms with Crippen molar-refractivity contribution in [2.75, 3.05) is 18.5 Å². The lowest BCUT2D eigenvalue weighted by Gasteiger charge is -2.13. The van der Waals surface area contributed by atoms with Crippen LogP contribution in [0.25, 0.3) is 11.3 Å². The van der Waals surface area contributed by atoms with Gasteiger partial charge in [0, 0.05) is 21.3 Å². The predicted molar refractivity (Wildman–Crippen MR) is 140 cm³/mol. The largest absolute Gasteiger partial charge is 0.490 e. The lowest BCUT2D eigenvalue weighted by atomic mass is 10.1. The van der Waals surface area contributed by atoms with Crippen molar-refractivity contribution >= 4 is 38.3 Å². The summed E-state index contributed by atoms with van der Waals surface area (Å²) in [4.78, 5) is 18.5. The molecule has 0 bridgehead atoms. The molecule has 1 N–H and O–H groups in total. The van der Waals surface area contributed by atoms with E-state index in [0.29, 0.717) is 31.2 Å². The molecular weight excluding hydrogens is 500 g/mol. The van der Waals surface area contributed by atoms with Crippen LogP contribution >= 0.6 is 27.3 Å². The average molecular weight is 532 g/mol. The summed E-state index contributed by atoms with van der Waals surface area (Å²) in [5.41, 5.74) is 3.03. The van der Waals surface area contributed by atoms with Crippen molar-refractivity contribution in [1.29, 1.82) is 0 Å². The van der Waals surface area contributed by atoms with Crippen molar-refractivity contribution < 1.29 is 14.3 Å². The number of carbonyl (C=O) groups excluding carboxylic acids is 1. The SMILES string of the molecule is CCCCOc1ccc(CCC(=O)Nc2nc(-c3ccc(Br)cc3)c(CC)s2)cc1OCC. The molecule has 0 aliphatic rings. The zero-order valence-corrected chi connectivity index (χ0v) is 21.9. The van der Waals surface area contributed by atoms with Crippen LogP contribution in [0, 0.1) is 0 Å². The lowest BCUT2D eigenvalue weighted by Crippen LogP contribution is -2.12. The van der Waals surface area contributed by atoms with E-state index in [9.17, 15) is 4.79 Å². The summed E-state index contributed by atoms with van der Waals surface area (Å²) in [6.07, 6.45) is 3.95. The van der Waals surface area contributed by atoms with Gasteiger partial charge in [-0.15, -0.1) is 11.3 Å². The van der Waals surface area contributed by atoms with Crippen LogP contribution in [0.15, 0.2) is 46.9 Å². The topological polar surface area (TPSA) is 60.5 Å². The monoisotopic (exact) mass is 530 g/mol. The molecule has 33 heavy (non-hydrogen) atoms. The maximum Gasteiger partial charge on any atom is 0.226 e. The minimum absolute atomic E-state index is 0.0463. The number of rotatable bonds is 12. The molecule has 1 aromatic heterocycles. The van der Waals surface area contributed by atoms with Gasteiger partial charge < -0.3 is 14.8 Å². The number of hydrogen-bond acceptors (Lipinski definition) is 5. The Hall–Kier alpha value is -2.38. The Morgan fingerprint density at radius 1 is 1.06 bits per heavy atom. The van der Waals surface area contributed by atoms with Crippen molar-refractivity contribution in [3.63, 3.8) is 0 Å². The molecule has 2 aromatic carbocycles. The fraction of sp³-hybridized carbons (Fsp3) is 0.385. The molecule has 7 heteroatoms. The highest BCUT2D eigenvalue weighted by Gasteiger charge is 2.14. The number of amides is 1. The molecule has 0 saturated carbocycles. The maximum absolute atomic E-state index is 12.6. The highest BCUT2D eigenvalue weighted by Crippen LogP contribution is 2.33. The number of thiazole rings is 1. The number of carbonyl (C=O) groups is 1. The van der Waals surface area contributed by atoms with Crippen LogP contribution in [0.3, 0.4) is 0 Å². The Morgan fingerprint density at radius 2 is 1.85 bits per heavy atom. The molecule has 0 spiro atoms. The van der Waals surface area contributed by atoms with Gasteiger partial charge in [0.05, 0.1) is 18.9 Å². The minimum Gasteiger partial charge on any atom is -0.490 e. The zero-order chi connectivity index (χ0) is 23.6. The van der Waals surface area contributed by atoms with Crippen LogP contribution in [-0.4, -0.2) is 24.1 Å².